The van der Waals surface area contributed by atoms with Crippen LogP contribution in [0.3, 0.4) is 0 Å². The van der Waals surface area contributed by atoms with Crippen molar-refractivity contribution < 1.29 is 5.11 Å². The Hall–Kier alpha value is -1.01. The largest absolute Gasteiger partial charge is 0.391 e. The summed E-state index contributed by atoms with van der Waals surface area (Å²) in [6.45, 7) is 8.46. The van der Waals surface area contributed by atoms with Crippen molar-refractivity contribution in [2.45, 2.75) is 44.5 Å². The molecule has 6 heteroatoms. The number of nitrogens with one attached hydrogen (secondary N) is 2. The van der Waals surface area contributed by atoms with E-state index in [4.69, 9.17) is 0 Å². The first-order valence-corrected chi connectivity index (χ1v) is 7.24. The monoisotopic (exact) mass is 270 g/mol. The molecule has 0 aliphatic carbocycles. The van der Waals surface area contributed by atoms with Crippen LogP contribution in [0.1, 0.15) is 27.7 Å². The molecule has 0 spiro atoms. The normalized spacial score (nSPS) is 13.2. The van der Waals surface area contributed by atoms with E-state index < -0.39 is 11.6 Å². The summed E-state index contributed by atoms with van der Waals surface area (Å²) >= 11 is 1.49. The highest BCUT2D eigenvalue weighted by Gasteiger charge is 2.24. The highest BCUT2D eigenvalue weighted by Crippen LogP contribution is 2.21. The molecule has 1 aromatic rings. The third-order valence-electron chi connectivity index (χ3n) is 2.74. The lowest BCUT2D eigenvalue weighted by Gasteiger charge is -2.30. The topological polar surface area (TPSA) is 70.1 Å². The summed E-state index contributed by atoms with van der Waals surface area (Å²) in [6.07, 6.45) is 1.46. The molecule has 3 N–H and O–H groups in total. The van der Waals surface area contributed by atoms with Gasteiger partial charge in [-0.2, -0.15) is 0 Å². The van der Waals surface area contributed by atoms with Gasteiger partial charge in [0.15, 0.2) is 5.16 Å². The van der Waals surface area contributed by atoms with Crippen molar-refractivity contribution in [3.63, 3.8) is 0 Å². The van der Waals surface area contributed by atoms with Gasteiger partial charge in [-0.3, -0.25) is 0 Å². The van der Waals surface area contributed by atoms with E-state index in [2.05, 4.69) is 20.6 Å². The minimum absolute atomic E-state index is 0.437. The van der Waals surface area contributed by atoms with E-state index in [0.29, 0.717) is 5.16 Å². The standard InChI is InChI=1S/C12H22N4OS/c1-6-13-9-7-10(15-11(14-9)18-5)16-12(3,4)8(2)17/h7-8,17H,6H2,1-5H3,(H2,13,14,15,16). The molecule has 0 saturated carbocycles. The second-order valence-corrected chi connectivity index (χ2v) is 5.45. The number of hydrogen-bond acceptors (Lipinski definition) is 6. The number of anilines is 2. The average Bonchev–Trinajstić information content (AvgIpc) is 2.28. The van der Waals surface area contributed by atoms with Crippen LogP contribution in [-0.2, 0) is 0 Å². The van der Waals surface area contributed by atoms with Crippen molar-refractivity contribution in [1.29, 1.82) is 0 Å². The number of thioether (sulfide) groups is 1. The molecule has 0 radical (unpaired) electrons. The van der Waals surface area contributed by atoms with Crippen molar-refractivity contribution in [3.8, 4) is 0 Å². The Morgan fingerprint density at radius 1 is 1.39 bits per heavy atom. The number of rotatable bonds is 6. The van der Waals surface area contributed by atoms with Crippen LogP contribution in [0.4, 0.5) is 11.6 Å². The molecule has 0 amide bonds. The second kappa shape index (κ2) is 6.24. The summed E-state index contributed by atoms with van der Waals surface area (Å²) in [6, 6.07) is 1.85. The third-order valence-corrected chi connectivity index (χ3v) is 3.29. The average molecular weight is 270 g/mol. The Kier molecular flexibility index (Phi) is 5.22. The van der Waals surface area contributed by atoms with Crippen LogP contribution < -0.4 is 10.6 Å². The molecule has 0 saturated heterocycles. The van der Waals surface area contributed by atoms with Gasteiger partial charge in [0.25, 0.3) is 0 Å². The summed E-state index contributed by atoms with van der Waals surface area (Å²) in [7, 11) is 0. The van der Waals surface area contributed by atoms with E-state index in [-0.39, 0.29) is 0 Å². The fraction of sp³-hybridized carbons (Fsp3) is 0.667. The lowest BCUT2D eigenvalue weighted by atomic mass is 9.99. The number of aliphatic hydroxyl groups is 1. The van der Waals surface area contributed by atoms with E-state index in [9.17, 15) is 5.11 Å². The Morgan fingerprint density at radius 3 is 2.50 bits per heavy atom. The fourth-order valence-corrected chi connectivity index (χ4v) is 1.67. The van der Waals surface area contributed by atoms with Gasteiger partial charge in [0.2, 0.25) is 0 Å². The first-order chi connectivity index (χ1) is 8.39. The molecule has 1 rings (SSSR count). The Balaban J connectivity index is 2.97. The highest BCUT2D eigenvalue weighted by molar-refractivity contribution is 7.98. The zero-order valence-electron chi connectivity index (χ0n) is 11.6. The zero-order chi connectivity index (χ0) is 13.8. The van der Waals surface area contributed by atoms with Crippen molar-refractivity contribution >= 4 is 23.4 Å². The maximum Gasteiger partial charge on any atom is 0.191 e. The van der Waals surface area contributed by atoms with E-state index in [1.165, 1.54) is 11.8 Å². The van der Waals surface area contributed by atoms with E-state index >= 15 is 0 Å². The minimum atomic E-state index is -0.479. The van der Waals surface area contributed by atoms with E-state index in [0.717, 1.165) is 18.2 Å². The highest BCUT2D eigenvalue weighted by atomic mass is 32.2. The summed E-state index contributed by atoms with van der Waals surface area (Å²) in [5, 5.41) is 16.8. The van der Waals surface area contributed by atoms with Crippen LogP contribution in [0, 0.1) is 0 Å². The van der Waals surface area contributed by atoms with Crippen LogP contribution in [0.25, 0.3) is 0 Å². The molecule has 102 valence electrons. The number of aromatic nitrogens is 2. The molecular formula is C12H22N4OS. The lowest BCUT2D eigenvalue weighted by Crippen LogP contribution is -2.42. The van der Waals surface area contributed by atoms with Crippen molar-refractivity contribution in [2.24, 2.45) is 0 Å². The summed E-state index contributed by atoms with van der Waals surface area (Å²) in [5.74, 6) is 1.51. The molecule has 18 heavy (non-hydrogen) atoms. The van der Waals surface area contributed by atoms with Crippen LogP contribution in [0.2, 0.25) is 0 Å². The maximum atomic E-state index is 9.71. The predicted octanol–water partition coefficient (Wildman–Crippen LogP) is 2.20. The maximum absolute atomic E-state index is 9.71. The third kappa shape index (κ3) is 4.03. The molecule has 1 unspecified atom stereocenters. The quantitative estimate of drug-likeness (QED) is 0.544. The van der Waals surface area contributed by atoms with Gasteiger partial charge in [0.1, 0.15) is 11.6 Å². The molecule has 0 bridgehead atoms. The van der Waals surface area contributed by atoms with Gasteiger partial charge in [0, 0.05) is 12.6 Å². The van der Waals surface area contributed by atoms with Gasteiger partial charge in [0.05, 0.1) is 11.6 Å². The molecule has 1 aromatic heterocycles. The van der Waals surface area contributed by atoms with Crippen LogP contribution in [-0.4, -0.2) is 39.5 Å². The van der Waals surface area contributed by atoms with E-state index in [1.807, 2.05) is 33.1 Å². The number of hydrogen-bond donors (Lipinski definition) is 3. The van der Waals surface area contributed by atoms with Crippen molar-refractivity contribution in [1.82, 2.24) is 9.97 Å². The summed E-state index contributed by atoms with van der Waals surface area (Å²) < 4.78 is 0. The molecular weight excluding hydrogens is 248 g/mol. The first kappa shape index (κ1) is 15.0. The number of nitrogens with zero attached hydrogens (tertiary/aromatic N) is 2. The Morgan fingerprint density at radius 2 is 2.00 bits per heavy atom. The van der Waals surface area contributed by atoms with Gasteiger partial charge < -0.3 is 15.7 Å². The summed E-state index contributed by atoms with van der Waals surface area (Å²) in [5.41, 5.74) is -0.437. The van der Waals surface area contributed by atoms with Crippen LogP contribution in [0.15, 0.2) is 11.2 Å². The SMILES string of the molecule is CCNc1cc(NC(C)(C)C(C)O)nc(SC)n1. The predicted molar refractivity (Wildman–Crippen MR) is 77.4 cm³/mol. The second-order valence-electron chi connectivity index (χ2n) is 4.68. The molecule has 0 aliphatic heterocycles. The van der Waals surface area contributed by atoms with Crippen LogP contribution >= 0.6 is 11.8 Å². The van der Waals surface area contributed by atoms with Crippen molar-refractivity contribution in [3.05, 3.63) is 6.07 Å². The smallest absolute Gasteiger partial charge is 0.191 e. The van der Waals surface area contributed by atoms with Gasteiger partial charge in [-0.15, -0.1) is 0 Å². The molecule has 0 aliphatic rings. The van der Waals surface area contributed by atoms with Gasteiger partial charge in [-0.05, 0) is 34.0 Å². The Bertz CT molecular complexity index is 396. The van der Waals surface area contributed by atoms with E-state index in [1.54, 1.807) is 6.92 Å². The molecule has 0 aromatic carbocycles. The first-order valence-electron chi connectivity index (χ1n) is 6.02. The molecule has 5 nitrogen and oxygen atoms in total. The van der Waals surface area contributed by atoms with Crippen molar-refractivity contribution in [2.75, 3.05) is 23.4 Å². The lowest BCUT2D eigenvalue weighted by molar-refractivity contribution is 0.133. The van der Waals surface area contributed by atoms with Crippen LogP contribution in [0.5, 0.6) is 0 Å². The minimum Gasteiger partial charge on any atom is -0.391 e. The van der Waals surface area contributed by atoms with Gasteiger partial charge >= 0.3 is 0 Å². The van der Waals surface area contributed by atoms with Gasteiger partial charge in [-0.1, -0.05) is 11.8 Å². The summed E-state index contributed by atoms with van der Waals surface area (Å²) in [4.78, 5) is 8.75. The molecule has 1 atom stereocenters. The molecule has 0 fully saturated rings. The van der Waals surface area contributed by atoms with Gasteiger partial charge in [-0.25, -0.2) is 9.97 Å². The number of aliphatic hydroxyl groups excluding tert-OH is 1. The Labute approximate surface area is 113 Å². The molecule has 1 heterocycles. The zero-order valence-corrected chi connectivity index (χ0v) is 12.4. The fourth-order valence-electron chi connectivity index (χ4n) is 1.29.